The summed E-state index contributed by atoms with van der Waals surface area (Å²) in [6.45, 7) is 1.37. The molecule has 0 spiro atoms. The van der Waals surface area contributed by atoms with Gasteiger partial charge >= 0.3 is 5.97 Å². The maximum Gasteiger partial charge on any atom is 0.328 e. The Bertz CT molecular complexity index is 372. The number of hydrogen-bond donors (Lipinski definition) is 4. The maximum absolute atomic E-state index is 12.1. The summed E-state index contributed by atoms with van der Waals surface area (Å²) in [5.74, 6) is -0.873. The van der Waals surface area contributed by atoms with E-state index >= 15 is 0 Å². The first-order valence-corrected chi connectivity index (χ1v) is 7.46. The molecular weight excluding hydrogens is 260 g/mol. The van der Waals surface area contributed by atoms with Gasteiger partial charge in [-0.25, -0.2) is 4.79 Å². The Morgan fingerprint density at radius 3 is 2.55 bits per heavy atom. The first-order valence-electron chi connectivity index (χ1n) is 7.46. The Morgan fingerprint density at radius 2 is 1.90 bits per heavy atom. The molecule has 2 aliphatic rings. The van der Waals surface area contributed by atoms with Gasteiger partial charge in [0, 0.05) is 6.04 Å². The number of piperidine rings is 1. The van der Waals surface area contributed by atoms with Crippen LogP contribution in [0.15, 0.2) is 0 Å². The van der Waals surface area contributed by atoms with Gasteiger partial charge in [-0.1, -0.05) is 12.8 Å². The van der Waals surface area contributed by atoms with E-state index in [0.717, 1.165) is 19.3 Å². The van der Waals surface area contributed by atoms with Crippen LogP contribution in [0, 0.1) is 5.92 Å². The first kappa shape index (κ1) is 15.3. The second-order valence-corrected chi connectivity index (χ2v) is 6.01. The van der Waals surface area contributed by atoms with Crippen molar-refractivity contribution >= 4 is 11.9 Å². The highest BCUT2D eigenvalue weighted by Crippen LogP contribution is 2.32. The molecule has 1 aliphatic carbocycles. The Morgan fingerprint density at radius 1 is 1.20 bits per heavy atom. The lowest BCUT2D eigenvalue weighted by Crippen LogP contribution is -2.58. The SMILES string of the molecule is CC(O)C(NC(=O)C1CCC2CCCCC2N1)C(=O)O. The molecule has 1 aliphatic heterocycles. The van der Waals surface area contributed by atoms with Gasteiger partial charge in [0.05, 0.1) is 12.1 Å². The first-order chi connectivity index (χ1) is 9.49. The van der Waals surface area contributed by atoms with Crippen molar-refractivity contribution in [3.8, 4) is 0 Å². The van der Waals surface area contributed by atoms with Crippen molar-refractivity contribution in [1.29, 1.82) is 0 Å². The number of rotatable bonds is 4. The summed E-state index contributed by atoms with van der Waals surface area (Å²) in [6, 6.07) is -1.20. The Labute approximate surface area is 118 Å². The topological polar surface area (TPSA) is 98.7 Å². The van der Waals surface area contributed by atoms with Crippen LogP contribution in [0.3, 0.4) is 0 Å². The average molecular weight is 284 g/mol. The van der Waals surface area contributed by atoms with Gasteiger partial charge in [-0.15, -0.1) is 0 Å². The molecule has 5 unspecified atom stereocenters. The number of carboxylic acid groups (broad SMARTS) is 1. The van der Waals surface area contributed by atoms with Crippen LogP contribution in [-0.2, 0) is 9.59 Å². The Kier molecular flexibility index (Phi) is 4.99. The van der Waals surface area contributed by atoms with Gasteiger partial charge in [-0.3, -0.25) is 4.79 Å². The van der Waals surface area contributed by atoms with E-state index in [9.17, 15) is 14.7 Å². The van der Waals surface area contributed by atoms with Crippen molar-refractivity contribution in [2.75, 3.05) is 0 Å². The molecule has 6 nitrogen and oxygen atoms in total. The minimum absolute atomic E-state index is 0.317. The number of carbonyl (C=O) groups is 2. The van der Waals surface area contributed by atoms with E-state index in [-0.39, 0.29) is 11.9 Å². The predicted molar refractivity (Wildman–Crippen MR) is 73.2 cm³/mol. The summed E-state index contributed by atoms with van der Waals surface area (Å²) in [5.41, 5.74) is 0. The van der Waals surface area contributed by atoms with Gasteiger partial charge in [0.15, 0.2) is 6.04 Å². The fourth-order valence-electron chi connectivity index (χ4n) is 3.34. The molecule has 0 aromatic rings. The van der Waals surface area contributed by atoms with Gasteiger partial charge in [-0.05, 0) is 38.5 Å². The average Bonchev–Trinajstić information content (AvgIpc) is 2.43. The standard InChI is InChI=1S/C14H24N2O4/c1-8(17)12(14(19)20)16-13(18)11-7-6-9-4-2-3-5-10(9)15-11/h8-12,15,17H,2-7H2,1H3,(H,16,18)(H,19,20). The highest BCUT2D eigenvalue weighted by molar-refractivity contribution is 5.87. The molecular formula is C14H24N2O4. The Hall–Kier alpha value is -1.14. The van der Waals surface area contributed by atoms with Crippen molar-refractivity contribution in [1.82, 2.24) is 10.6 Å². The van der Waals surface area contributed by atoms with E-state index < -0.39 is 18.1 Å². The van der Waals surface area contributed by atoms with E-state index in [1.807, 2.05) is 0 Å². The summed E-state index contributed by atoms with van der Waals surface area (Å²) >= 11 is 0. The van der Waals surface area contributed by atoms with Crippen molar-refractivity contribution < 1.29 is 19.8 Å². The lowest BCUT2D eigenvalue weighted by Gasteiger charge is -2.40. The number of amides is 1. The van der Waals surface area contributed by atoms with Gasteiger partial charge in [0.1, 0.15) is 0 Å². The molecule has 20 heavy (non-hydrogen) atoms. The van der Waals surface area contributed by atoms with Crippen LogP contribution in [0.4, 0.5) is 0 Å². The second-order valence-electron chi connectivity index (χ2n) is 6.01. The minimum Gasteiger partial charge on any atom is -0.480 e. The smallest absolute Gasteiger partial charge is 0.328 e. The number of hydrogen-bond acceptors (Lipinski definition) is 4. The van der Waals surface area contributed by atoms with E-state index in [4.69, 9.17) is 5.11 Å². The van der Waals surface area contributed by atoms with Gasteiger partial charge in [0.2, 0.25) is 5.91 Å². The molecule has 2 rings (SSSR count). The minimum atomic E-state index is -1.24. The van der Waals surface area contributed by atoms with E-state index in [2.05, 4.69) is 10.6 Å². The molecule has 6 heteroatoms. The number of nitrogens with one attached hydrogen (secondary N) is 2. The molecule has 4 N–H and O–H groups in total. The van der Waals surface area contributed by atoms with E-state index in [1.54, 1.807) is 0 Å². The molecule has 114 valence electrons. The third-order valence-corrected chi connectivity index (χ3v) is 4.51. The maximum atomic E-state index is 12.1. The van der Waals surface area contributed by atoms with Crippen LogP contribution in [0.1, 0.15) is 45.4 Å². The van der Waals surface area contributed by atoms with E-state index in [0.29, 0.717) is 12.0 Å². The molecule has 0 radical (unpaired) electrons. The van der Waals surface area contributed by atoms with Crippen LogP contribution in [0.25, 0.3) is 0 Å². The van der Waals surface area contributed by atoms with Crippen LogP contribution >= 0.6 is 0 Å². The molecule has 1 saturated carbocycles. The van der Waals surface area contributed by atoms with Crippen LogP contribution < -0.4 is 10.6 Å². The monoisotopic (exact) mass is 284 g/mol. The highest BCUT2D eigenvalue weighted by Gasteiger charge is 2.36. The lowest BCUT2D eigenvalue weighted by atomic mass is 9.77. The quantitative estimate of drug-likeness (QED) is 0.593. The summed E-state index contributed by atoms with van der Waals surface area (Å²) < 4.78 is 0. The summed E-state index contributed by atoms with van der Waals surface area (Å²) in [6.07, 6.45) is 5.41. The zero-order valence-electron chi connectivity index (χ0n) is 11.8. The number of aliphatic carboxylic acids is 1. The van der Waals surface area contributed by atoms with Gasteiger partial charge < -0.3 is 20.8 Å². The zero-order chi connectivity index (χ0) is 14.7. The molecule has 5 atom stereocenters. The fourth-order valence-corrected chi connectivity index (χ4v) is 3.34. The highest BCUT2D eigenvalue weighted by atomic mass is 16.4. The molecule has 0 aromatic carbocycles. The molecule has 0 bridgehead atoms. The van der Waals surface area contributed by atoms with Gasteiger partial charge in [0.25, 0.3) is 0 Å². The molecule has 1 amide bonds. The zero-order valence-corrected chi connectivity index (χ0v) is 11.8. The third-order valence-electron chi connectivity index (χ3n) is 4.51. The van der Waals surface area contributed by atoms with Crippen molar-refractivity contribution in [2.45, 2.75) is 69.7 Å². The molecule has 2 fully saturated rings. The number of fused-ring (bicyclic) bond motifs is 1. The summed E-state index contributed by atoms with van der Waals surface area (Å²) in [5, 5.41) is 24.2. The van der Waals surface area contributed by atoms with Gasteiger partial charge in [-0.2, -0.15) is 0 Å². The Balaban J connectivity index is 1.91. The molecule has 1 heterocycles. The normalized spacial score (nSPS) is 32.8. The number of aliphatic hydroxyl groups is 1. The summed E-state index contributed by atoms with van der Waals surface area (Å²) in [4.78, 5) is 23.1. The number of carboxylic acids is 1. The lowest BCUT2D eigenvalue weighted by molar-refractivity contribution is -0.145. The number of aliphatic hydroxyl groups excluding tert-OH is 1. The third kappa shape index (κ3) is 3.49. The fraction of sp³-hybridized carbons (Fsp3) is 0.857. The number of carbonyl (C=O) groups excluding carboxylic acids is 1. The van der Waals surface area contributed by atoms with E-state index in [1.165, 1.54) is 26.2 Å². The second kappa shape index (κ2) is 6.54. The van der Waals surface area contributed by atoms with Crippen LogP contribution in [0.2, 0.25) is 0 Å². The van der Waals surface area contributed by atoms with Crippen LogP contribution in [0.5, 0.6) is 0 Å². The van der Waals surface area contributed by atoms with Crippen molar-refractivity contribution in [2.24, 2.45) is 5.92 Å². The molecule has 1 saturated heterocycles. The van der Waals surface area contributed by atoms with Crippen molar-refractivity contribution in [3.63, 3.8) is 0 Å². The molecule has 0 aromatic heterocycles. The van der Waals surface area contributed by atoms with Crippen LogP contribution in [-0.4, -0.2) is 46.3 Å². The summed E-state index contributed by atoms with van der Waals surface area (Å²) in [7, 11) is 0. The predicted octanol–water partition coefficient (Wildman–Crippen LogP) is 0.247. The van der Waals surface area contributed by atoms with Crippen molar-refractivity contribution in [3.05, 3.63) is 0 Å². The largest absolute Gasteiger partial charge is 0.480 e.